The number of pyridine rings is 1. The van der Waals surface area contributed by atoms with Crippen LogP contribution in [0.25, 0.3) is 0 Å². The quantitative estimate of drug-likeness (QED) is 0.744. The molecule has 1 fully saturated rings. The first-order chi connectivity index (χ1) is 7.36. The van der Waals surface area contributed by atoms with Crippen LogP contribution in [0.2, 0.25) is 5.15 Å². The van der Waals surface area contributed by atoms with Crippen LogP contribution in [-0.2, 0) is 16.1 Å². The van der Waals surface area contributed by atoms with Crippen LogP contribution in [-0.4, -0.2) is 24.3 Å². The summed E-state index contributed by atoms with van der Waals surface area (Å²) in [6.45, 7) is 2.13. The van der Waals surface area contributed by atoms with Crippen LogP contribution in [0, 0.1) is 0 Å². The smallest absolute Gasteiger partial charge is 0.134 e. The topological polar surface area (TPSA) is 31.4 Å². The third-order valence-electron chi connectivity index (χ3n) is 2.48. The molecule has 3 nitrogen and oxygen atoms in total. The summed E-state index contributed by atoms with van der Waals surface area (Å²) in [7, 11) is 0. The minimum absolute atomic E-state index is 0.301. The van der Waals surface area contributed by atoms with Gasteiger partial charge < -0.3 is 9.47 Å². The Morgan fingerprint density at radius 1 is 1.47 bits per heavy atom. The summed E-state index contributed by atoms with van der Waals surface area (Å²) in [5.41, 5.74) is 0.950. The number of hydrogen-bond donors (Lipinski definition) is 0. The Morgan fingerprint density at radius 3 is 3.00 bits per heavy atom. The molecule has 82 valence electrons. The van der Waals surface area contributed by atoms with Gasteiger partial charge in [-0.2, -0.15) is 0 Å². The second-order valence-corrected chi connectivity index (χ2v) is 3.93. The third-order valence-corrected chi connectivity index (χ3v) is 2.82. The fourth-order valence-corrected chi connectivity index (χ4v) is 1.75. The minimum atomic E-state index is 0.301. The fraction of sp³-hybridized carbons (Fsp3) is 0.545. The highest BCUT2D eigenvalue weighted by Crippen LogP contribution is 2.17. The zero-order valence-electron chi connectivity index (χ0n) is 8.49. The van der Waals surface area contributed by atoms with Gasteiger partial charge in [-0.1, -0.05) is 17.7 Å². The van der Waals surface area contributed by atoms with Crippen molar-refractivity contribution in [1.29, 1.82) is 0 Å². The molecule has 0 unspecified atom stereocenters. The molecule has 0 bridgehead atoms. The first kappa shape index (κ1) is 10.9. The zero-order valence-corrected chi connectivity index (χ0v) is 9.24. The highest BCUT2D eigenvalue weighted by molar-refractivity contribution is 6.30. The van der Waals surface area contributed by atoms with Crippen LogP contribution in [0.1, 0.15) is 18.4 Å². The van der Waals surface area contributed by atoms with Crippen molar-refractivity contribution in [2.45, 2.75) is 25.6 Å². The average molecular weight is 228 g/mol. The molecule has 1 aromatic rings. The van der Waals surface area contributed by atoms with E-state index in [4.69, 9.17) is 21.1 Å². The summed E-state index contributed by atoms with van der Waals surface area (Å²) < 4.78 is 11.0. The van der Waals surface area contributed by atoms with Crippen LogP contribution in [0.4, 0.5) is 0 Å². The molecular weight excluding hydrogens is 214 g/mol. The summed E-state index contributed by atoms with van der Waals surface area (Å²) >= 11 is 5.93. The van der Waals surface area contributed by atoms with Crippen molar-refractivity contribution in [2.24, 2.45) is 0 Å². The van der Waals surface area contributed by atoms with Gasteiger partial charge in [-0.05, 0) is 18.9 Å². The van der Waals surface area contributed by atoms with E-state index in [9.17, 15) is 0 Å². The van der Waals surface area contributed by atoms with E-state index in [1.807, 2.05) is 12.1 Å². The molecule has 0 aliphatic carbocycles. The van der Waals surface area contributed by atoms with E-state index in [0.29, 0.717) is 17.9 Å². The molecule has 1 saturated heterocycles. The first-order valence-electron chi connectivity index (χ1n) is 5.15. The number of ether oxygens (including phenoxy) is 2. The van der Waals surface area contributed by atoms with Crippen LogP contribution < -0.4 is 0 Å². The summed E-state index contributed by atoms with van der Waals surface area (Å²) in [4.78, 5) is 4.00. The molecular formula is C11H14ClNO2. The van der Waals surface area contributed by atoms with Crippen LogP contribution >= 0.6 is 11.6 Å². The lowest BCUT2D eigenvalue weighted by Crippen LogP contribution is -2.23. The summed E-state index contributed by atoms with van der Waals surface area (Å²) in [6.07, 6.45) is 3.92. The maximum absolute atomic E-state index is 5.93. The van der Waals surface area contributed by atoms with Crippen LogP contribution in [0.3, 0.4) is 0 Å². The van der Waals surface area contributed by atoms with E-state index in [-0.39, 0.29) is 0 Å². The molecule has 2 rings (SSSR count). The molecule has 0 N–H and O–H groups in total. The molecule has 15 heavy (non-hydrogen) atoms. The molecule has 0 radical (unpaired) electrons. The van der Waals surface area contributed by atoms with Gasteiger partial charge in [0.25, 0.3) is 0 Å². The Balaban J connectivity index is 1.84. The van der Waals surface area contributed by atoms with Crippen molar-refractivity contribution in [2.75, 3.05) is 13.2 Å². The van der Waals surface area contributed by atoms with Crippen molar-refractivity contribution in [3.8, 4) is 0 Å². The number of halogens is 1. The van der Waals surface area contributed by atoms with Gasteiger partial charge >= 0.3 is 0 Å². The number of nitrogens with zero attached hydrogens (tertiary/aromatic N) is 1. The van der Waals surface area contributed by atoms with E-state index in [2.05, 4.69) is 4.98 Å². The Hall–Kier alpha value is -0.640. The predicted molar refractivity (Wildman–Crippen MR) is 57.9 cm³/mol. The number of hydrogen-bond acceptors (Lipinski definition) is 3. The van der Waals surface area contributed by atoms with Gasteiger partial charge in [0.15, 0.2) is 0 Å². The third kappa shape index (κ3) is 3.16. The lowest BCUT2D eigenvalue weighted by atomic mass is 10.1. The highest BCUT2D eigenvalue weighted by Gasteiger charge is 2.14. The second-order valence-electron chi connectivity index (χ2n) is 3.58. The summed E-state index contributed by atoms with van der Waals surface area (Å²) in [5, 5.41) is 0.532. The van der Waals surface area contributed by atoms with E-state index in [1.54, 1.807) is 6.20 Å². The van der Waals surface area contributed by atoms with E-state index in [1.165, 1.54) is 0 Å². The van der Waals surface area contributed by atoms with Gasteiger partial charge in [0.1, 0.15) is 5.15 Å². The molecule has 1 aliphatic rings. The number of aromatic nitrogens is 1. The predicted octanol–water partition coefficient (Wildman–Crippen LogP) is 2.43. The van der Waals surface area contributed by atoms with Gasteiger partial charge in [0.05, 0.1) is 12.7 Å². The van der Waals surface area contributed by atoms with Gasteiger partial charge in [0, 0.05) is 25.0 Å². The lowest BCUT2D eigenvalue weighted by Gasteiger charge is -2.22. The molecule has 0 amide bonds. The molecule has 0 atom stereocenters. The summed E-state index contributed by atoms with van der Waals surface area (Å²) in [6, 6.07) is 3.81. The van der Waals surface area contributed by atoms with E-state index >= 15 is 0 Å². The van der Waals surface area contributed by atoms with E-state index in [0.717, 1.165) is 31.6 Å². The average Bonchev–Trinajstić information content (AvgIpc) is 2.29. The molecule has 0 aromatic carbocycles. The first-order valence-corrected chi connectivity index (χ1v) is 5.53. The maximum Gasteiger partial charge on any atom is 0.134 e. The fourth-order valence-electron chi connectivity index (χ4n) is 1.58. The van der Waals surface area contributed by atoms with Crippen molar-refractivity contribution in [3.63, 3.8) is 0 Å². The molecule has 2 heterocycles. The van der Waals surface area contributed by atoms with Crippen molar-refractivity contribution in [1.82, 2.24) is 4.98 Å². The Kier molecular flexibility index (Phi) is 3.94. The monoisotopic (exact) mass is 227 g/mol. The molecule has 0 saturated carbocycles. The van der Waals surface area contributed by atoms with Crippen molar-refractivity contribution in [3.05, 3.63) is 29.0 Å². The maximum atomic E-state index is 5.93. The molecule has 1 aliphatic heterocycles. The second kappa shape index (κ2) is 5.45. The molecule has 0 spiro atoms. The Bertz CT molecular complexity index is 313. The largest absolute Gasteiger partial charge is 0.381 e. The minimum Gasteiger partial charge on any atom is -0.381 e. The van der Waals surface area contributed by atoms with Crippen LogP contribution in [0.5, 0.6) is 0 Å². The van der Waals surface area contributed by atoms with Gasteiger partial charge in [-0.3, -0.25) is 0 Å². The van der Waals surface area contributed by atoms with Gasteiger partial charge in [-0.15, -0.1) is 0 Å². The van der Waals surface area contributed by atoms with Crippen LogP contribution in [0.15, 0.2) is 18.3 Å². The van der Waals surface area contributed by atoms with Crippen molar-refractivity contribution < 1.29 is 9.47 Å². The Morgan fingerprint density at radius 2 is 2.27 bits per heavy atom. The molecule has 4 heteroatoms. The highest BCUT2D eigenvalue weighted by atomic mass is 35.5. The Labute approximate surface area is 94.4 Å². The SMILES string of the molecule is Clc1ncccc1COC1CCOCC1. The zero-order chi connectivity index (χ0) is 10.5. The number of rotatable bonds is 3. The summed E-state index contributed by atoms with van der Waals surface area (Å²) in [5.74, 6) is 0. The normalized spacial score (nSPS) is 17.9. The van der Waals surface area contributed by atoms with E-state index < -0.39 is 0 Å². The van der Waals surface area contributed by atoms with Gasteiger partial charge in [0.2, 0.25) is 0 Å². The van der Waals surface area contributed by atoms with Crippen molar-refractivity contribution >= 4 is 11.6 Å². The standard InChI is InChI=1S/C11H14ClNO2/c12-11-9(2-1-5-13-11)8-15-10-3-6-14-7-4-10/h1-2,5,10H,3-4,6-8H2. The lowest BCUT2D eigenvalue weighted by molar-refractivity contribution is -0.0391. The van der Waals surface area contributed by atoms with Gasteiger partial charge in [-0.25, -0.2) is 4.98 Å². The molecule has 1 aromatic heterocycles.